The van der Waals surface area contributed by atoms with Gasteiger partial charge in [0, 0.05) is 6.42 Å². The number of aliphatic carboxylic acids is 1. The topological polar surface area (TPSA) is 74.6 Å². The Kier molecular flexibility index (Phi) is 4.26. The van der Waals surface area contributed by atoms with Gasteiger partial charge in [0.1, 0.15) is 0 Å². The molecule has 0 aliphatic carbocycles. The lowest BCUT2D eigenvalue weighted by molar-refractivity contribution is -0.137. The first-order chi connectivity index (χ1) is 7.91. The second-order valence-corrected chi connectivity index (χ2v) is 4.15. The maximum atomic E-state index is 11.0. The molecule has 0 aliphatic rings. The molecule has 0 heterocycles. The maximum Gasteiger partial charge on any atom is 0.335 e. The molecule has 1 aromatic carbocycles. The number of rotatable bonds is 5. The van der Waals surface area contributed by atoms with E-state index in [2.05, 4.69) is 0 Å². The van der Waals surface area contributed by atoms with Gasteiger partial charge in [0.25, 0.3) is 0 Å². The van der Waals surface area contributed by atoms with Crippen LogP contribution in [0.15, 0.2) is 12.1 Å². The molecule has 0 bridgehead atoms. The summed E-state index contributed by atoms with van der Waals surface area (Å²) in [5, 5.41) is 17.6. The number of carboxylic acid groups (broad SMARTS) is 2. The van der Waals surface area contributed by atoms with Gasteiger partial charge in [0.05, 0.1) is 5.56 Å². The van der Waals surface area contributed by atoms with Crippen LogP contribution in [0.25, 0.3) is 0 Å². The van der Waals surface area contributed by atoms with Crippen molar-refractivity contribution in [3.63, 3.8) is 0 Å². The van der Waals surface area contributed by atoms with Crippen LogP contribution >= 0.6 is 0 Å². The summed E-state index contributed by atoms with van der Waals surface area (Å²) >= 11 is 0. The second kappa shape index (κ2) is 5.48. The van der Waals surface area contributed by atoms with Gasteiger partial charge >= 0.3 is 11.9 Å². The van der Waals surface area contributed by atoms with E-state index >= 15 is 0 Å². The van der Waals surface area contributed by atoms with Crippen molar-refractivity contribution in [2.24, 2.45) is 0 Å². The minimum absolute atomic E-state index is 0.107. The van der Waals surface area contributed by atoms with Crippen LogP contribution < -0.4 is 0 Å². The number of hydrogen-bond acceptors (Lipinski definition) is 2. The average molecular weight is 236 g/mol. The highest BCUT2D eigenvalue weighted by Crippen LogP contribution is 2.18. The van der Waals surface area contributed by atoms with E-state index in [9.17, 15) is 9.59 Å². The van der Waals surface area contributed by atoms with Gasteiger partial charge < -0.3 is 10.2 Å². The van der Waals surface area contributed by atoms with E-state index in [0.29, 0.717) is 18.4 Å². The fraction of sp³-hybridized carbons (Fsp3) is 0.385. The number of carbonyl (C=O) groups is 2. The summed E-state index contributed by atoms with van der Waals surface area (Å²) in [5.41, 5.74) is 2.95. The normalized spacial score (nSPS) is 10.2. The number of benzene rings is 1. The molecule has 0 atom stereocenters. The first-order valence-corrected chi connectivity index (χ1v) is 5.47. The van der Waals surface area contributed by atoms with Gasteiger partial charge in [-0.3, -0.25) is 4.79 Å². The Hall–Kier alpha value is -1.84. The third-order valence-electron chi connectivity index (χ3n) is 2.75. The molecule has 0 spiro atoms. The SMILES string of the molecule is Cc1cc(C)c(C(=O)O)cc1CCCC(=O)O. The lowest BCUT2D eigenvalue weighted by atomic mass is 9.96. The highest BCUT2D eigenvalue weighted by molar-refractivity contribution is 5.89. The molecule has 2 N–H and O–H groups in total. The molecule has 0 saturated carbocycles. The Morgan fingerprint density at radius 3 is 2.29 bits per heavy atom. The number of aryl methyl sites for hydroxylation is 3. The molecule has 0 radical (unpaired) electrons. The van der Waals surface area contributed by atoms with Gasteiger partial charge in [-0.1, -0.05) is 6.07 Å². The van der Waals surface area contributed by atoms with Crippen molar-refractivity contribution in [2.45, 2.75) is 33.1 Å². The van der Waals surface area contributed by atoms with E-state index in [1.807, 2.05) is 13.0 Å². The van der Waals surface area contributed by atoms with Crippen LogP contribution in [0.1, 0.15) is 39.9 Å². The van der Waals surface area contributed by atoms with Crippen molar-refractivity contribution in [1.82, 2.24) is 0 Å². The van der Waals surface area contributed by atoms with Gasteiger partial charge in [0.2, 0.25) is 0 Å². The lowest BCUT2D eigenvalue weighted by Crippen LogP contribution is -2.04. The highest BCUT2D eigenvalue weighted by Gasteiger charge is 2.10. The third kappa shape index (κ3) is 3.59. The van der Waals surface area contributed by atoms with Gasteiger partial charge in [-0.05, 0) is 49.4 Å². The molecule has 1 aromatic rings. The zero-order valence-corrected chi connectivity index (χ0v) is 9.99. The predicted octanol–water partition coefficient (Wildman–Crippen LogP) is 2.41. The van der Waals surface area contributed by atoms with Crippen LogP contribution in [0.5, 0.6) is 0 Å². The van der Waals surface area contributed by atoms with Crippen LogP contribution in [0, 0.1) is 13.8 Å². The summed E-state index contributed by atoms with van der Waals surface area (Å²) in [7, 11) is 0. The third-order valence-corrected chi connectivity index (χ3v) is 2.75. The smallest absolute Gasteiger partial charge is 0.335 e. The number of carboxylic acids is 2. The molecule has 92 valence electrons. The molecule has 1 rings (SSSR count). The maximum absolute atomic E-state index is 11.0. The molecule has 0 amide bonds. The number of hydrogen-bond donors (Lipinski definition) is 2. The first-order valence-electron chi connectivity index (χ1n) is 5.47. The summed E-state index contributed by atoms with van der Waals surface area (Å²) in [6, 6.07) is 3.48. The van der Waals surface area contributed by atoms with Crippen molar-refractivity contribution < 1.29 is 19.8 Å². The van der Waals surface area contributed by atoms with Gasteiger partial charge in [0.15, 0.2) is 0 Å². The van der Waals surface area contributed by atoms with Gasteiger partial charge in [-0.2, -0.15) is 0 Å². The van der Waals surface area contributed by atoms with Crippen molar-refractivity contribution in [1.29, 1.82) is 0 Å². The van der Waals surface area contributed by atoms with E-state index < -0.39 is 11.9 Å². The molecule has 0 aromatic heterocycles. The summed E-state index contributed by atoms with van der Waals surface area (Å²) < 4.78 is 0. The second-order valence-electron chi connectivity index (χ2n) is 4.15. The Morgan fingerprint density at radius 1 is 1.12 bits per heavy atom. The van der Waals surface area contributed by atoms with Crippen LogP contribution in [0.4, 0.5) is 0 Å². The number of aromatic carboxylic acids is 1. The Balaban J connectivity index is 2.88. The fourth-order valence-electron chi connectivity index (χ4n) is 1.83. The van der Waals surface area contributed by atoms with E-state index in [4.69, 9.17) is 10.2 Å². The highest BCUT2D eigenvalue weighted by atomic mass is 16.4. The largest absolute Gasteiger partial charge is 0.481 e. The standard InChI is InChI=1S/C13H16O4/c1-8-6-9(2)11(13(16)17)7-10(8)4-3-5-12(14)15/h6-7H,3-5H2,1-2H3,(H,14,15)(H,16,17). The van der Waals surface area contributed by atoms with E-state index in [-0.39, 0.29) is 6.42 Å². The molecule has 4 heteroatoms. The molecule has 17 heavy (non-hydrogen) atoms. The quantitative estimate of drug-likeness (QED) is 0.823. The summed E-state index contributed by atoms with van der Waals surface area (Å²) in [5.74, 6) is -1.77. The van der Waals surface area contributed by atoms with Gasteiger partial charge in [-0.25, -0.2) is 4.79 Å². The van der Waals surface area contributed by atoms with Crippen LogP contribution in [0.3, 0.4) is 0 Å². The summed E-state index contributed by atoms with van der Waals surface area (Å²) in [4.78, 5) is 21.4. The Labute approximate surface area is 99.9 Å². The summed E-state index contributed by atoms with van der Waals surface area (Å²) in [6.07, 6.45) is 1.23. The predicted molar refractivity (Wildman–Crippen MR) is 63.4 cm³/mol. The molecular weight excluding hydrogens is 220 g/mol. The molecule has 0 fully saturated rings. The van der Waals surface area contributed by atoms with Crippen molar-refractivity contribution in [3.05, 3.63) is 34.4 Å². The molecule has 0 unspecified atom stereocenters. The molecule has 4 nitrogen and oxygen atoms in total. The molecule has 0 aliphatic heterocycles. The van der Waals surface area contributed by atoms with Crippen LogP contribution in [-0.4, -0.2) is 22.2 Å². The first kappa shape index (κ1) is 13.2. The monoisotopic (exact) mass is 236 g/mol. The zero-order valence-electron chi connectivity index (χ0n) is 9.99. The molecular formula is C13H16O4. The van der Waals surface area contributed by atoms with Crippen LogP contribution in [0.2, 0.25) is 0 Å². The Morgan fingerprint density at radius 2 is 1.76 bits per heavy atom. The van der Waals surface area contributed by atoms with E-state index in [0.717, 1.165) is 16.7 Å². The van der Waals surface area contributed by atoms with Crippen molar-refractivity contribution in [2.75, 3.05) is 0 Å². The molecule has 0 saturated heterocycles. The summed E-state index contributed by atoms with van der Waals surface area (Å²) in [6.45, 7) is 3.67. The van der Waals surface area contributed by atoms with E-state index in [1.165, 1.54) is 0 Å². The zero-order chi connectivity index (χ0) is 13.0. The van der Waals surface area contributed by atoms with Crippen molar-refractivity contribution >= 4 is 11.9 Å². The average Bonchev–Trinajstić information content (AvgIpc) is 2.20. The Bertz CT molecular complexity index is 449. The van der Waals surface area contributed by atoms with E-state index in [1.54, 1.807) is 13.0 Å². The lowest BCUT2D eigenvalue weighted by Gasteiger charge is -2.09. The van der Waals surface area contributed by atoms with Crippen LogP contribution in [-0.2, 0) is 11.2 Å². The van der Waals surface area contributed by atoms with Gasteiger partial charge in [-0.15, -0.1) is 0 Å². The minimum Gasteiger partial charge on any atom is -0.481 e. The fourth-order valence-corrected chi connectivity index (χ4v) is 1.83. The van der Waals surface area contributed by atoms with Crippen molar-refractivity contribution in [3.8, 4) is 0 Å². The minimum atomic E-state index is -0.943.